The average Bonchev–Trinajstić information content (AvgIpc) is 3.23. The van der Waals surface area contributed by atoms with Gasteiger partial charge in [-0.05, 0) is 29.8 Å². The highest BCUT2D eigenvalue weighted by molar-refractivity contribution is 6.19. The molecule has 4 nitrogen and oxygen atoms in total. The Kier molecular flexibility index (Phi) is 4.32. The molecular formula is C22H19NO3. The number of methoxy groups -OCH3 is 1. The lowest BCUT2D eigenvalue weighted by Gasteiger charge is -2.36. The minimum atomic E-state index is -0.339. The summed E-state index contributed by atoms with van der Waals surface area (Å²) in [5.41, 5.74) is 3.61. The smallest absolute Gasteiger partial charge is 0.338 e. The van der Waals surface area contributed by atoms with Gasteiger partial charge in [-0.25, -0.2) is 4.79 Å². The highest BCUT2D eigenvalue weighted by Gasteiger charge is 2.32. The van der Waals surface area contributed by atoms with E-state index in [0.717, 1.165) is 17.0 Å². The summed E-state index contributed by atoms with van der Waals surface area (Å²) in [5.74, 6) is 0.449. The van der Waals surface area contributed by atoms with Gasteiger partial charge in [0.25, 0.3) is 0 Å². The maximum absolute atomic E-state index is 12.4. The van der Waals surface area contributed by atoms with Gasteiger partial charge in [0.15, 0.2) is 0 Å². The van der Waals surface area contributed by atoms with E-state index >= 15 is 0 Å². The molecule has 0 fully saturated rings. The number of furan rings is 1. The SMILES string of the molecule is COC(=O)C1=CC(c2ccco2)N(Cc2ccccc2)c2ccccc21. The van der Waals surface area contributed by atoms with Crippen molar-refractivity contribution in [3.05, 3.63) is 96.0 Å². The molecule has 2 heterocycles. The zero-order chi connectivity index (χ0) is 17.9. The van der Waals surface area contributed by atoms with E-state index in [1.54, 1.807) is 6.26 Å². The van der Waals surface area contributed by atoms with E-state index < -0.39 is 0 Å². The van der Waals surface area contributed by atoms with Gasteiger partial charge in [-0.15, -0.1) is 0 Å². The predicted octanol–water partition coefficient (Wildman–Crippen LogP) is 4.60. The summed E-state index contributed by atoms with van der Waals surface area (Å²) in [6, 6.07) is 21.8. The lowest BCUT2D eigenvalue weighted by molar-refractivity contribution is -0.133. The van der Waals surface area contributed by atoms with Crippen molar-refractivity contribution in [1.29, 1.82) is 0 Å². The maximum Gasteiger partial charge on any atom is 0.338 e. The first kappa shape index (κ1) is 16.2. The Balaban J connectivity index is 1.84. The van der Waals surface area contributed by atoms with E-state index in [2.05, 4.69) is 17.0 Å². The summed E-state index contributed by atoms with van der Waals surface area (Å²) in [7, 11) is 1.41. The van der Waals surface area contributed by atoms with Crippen molar-refractivity contribution in [2.75, 3.05) is 12.0 Å². The molecule has 0 spiro atoms. The lowest BCUT2D eigenvalue weighted by Crippen LogP contribution is -2.31. The van der Waals surface area contributed by atoms with Gasteiger partial charge < -0.3 is 14.1 Å². The number of carbonyl (C=O) groups is 1. The normalized spacial score (nSPS) is 16.0. The number of para-hydroxylation sites is 1. The van der Waals surface area contributed by atoms with E-state index in [1.165, 1.54) is 12.7 Å². The number of ether oxygens (including phenoxy) is 1. The van der Waals surface area contributed by atoms with Crippen molar-refractivity contribution in [1.82, 2.24) is 0 Å². The third kappa shape index (κ3) is 2.90. The Morgan fingerprint density at radius 2 is 1.81 bits per heavy atom. The van der Waals surface area contributed by atoms with Crippen LogP contribution in [0, 0.1) is 0 Å². The number of benzene rings is 2. The Labute approximate surface area is 152 Å². The van der Waals surface area contributed by atoms with E-state index in [1.807, 2.05) is 60.7 Å². The first-order chi connectivity index (χ1) is 12.8. The number of esters is 1. The fourth-order valence-corrected chi connectivity index (χ4v) is 3.39. The van der Waals surface area contributed by atoms with Crippen molar-refractivity contribution in [2.24, 2.45) is 0 Å². The largest absolute Gasteiger partial charge is 0.467 e. The second-order valence-electron chi connectivity index (χ2n) is 6.16. The Bertz CT molecular complexity index is 929. The number of hydrogen-bond donors (Lipinski definition) is 0. The zero-order valence-electron chi connectivity index (χ0n) is 14.5. The highest BCUT2D eigenvalue weighted by Crippen LogP contribution is 2.41. The van der Waals surface area contributed by atoms with Crippen molar-refractivity contribution in [3.8, 4) is 0 Å². The molecule has 0 amide bonds. The molecule has 3 aromatic rings. The minimum Gasteiger partial charge on any atom is -0.467 e. The number of fused-ring (bicyclic) bond motifs is 1. The van der Waals surface area contributed by atoms with Gasteiger partial charge in [-0.2, -0.15) is 0 Å². The molecule has 0 aliphatic carbocycles. The molecule has 4 heteroatoms. The van der Waals surface area contributed by atoms with Crippen LogP contribution in [0.2, 0.25) is 0 Å². The van der Waals surface area contributed by atoms with Crippen LogP contribution < -0.4 is 4.90 Å². The van der Waals surface area contributed by atoms with E-state index in [0.29, 0.717) is 12.1 Å². The van der Waals surface area contributed by atoms with Gasteiger partial charge in [-0.1, -0.05) is 48.5 Å². The van der Waals surface area contributed by atoms with Gasteiger partial charge in [-0.3, -0.25) is 0 Å². The molecule has 1 aliphatic rings. The highest BCUT2D eigenvalue weighted by atomic mass is 16.5. The van der Waals surface area contributed by atoms with Crippen LogP contribution in [0.25, 0.3) is 5.57 Å². The van der Waals surface area contributed by atoms with Crippen LogP contribution in [0.15, 0.2) is 83.5 Å². The summed E-state index contributed by atoms with van der Waals surface area (Å²) in [4.78, 5) is 14.6. The van der Waals surface area contributed by atoms with Gasteiger partial charge in [0.1, 0.15) is 11.8 Å². The summed E-state index contributed by atoms with van der Waals surface area (Å²) in [6.07, 6.45) is 3.58. The summed E-state index contributed by atoms with van der Waals surface area (Å²) in [5, 5.41) is 0. The number of rotatable bonds is 4. The number of anilines is 1. The fraction of sp³-hybridized carbons (Fsp3) is 0.136. The van der Waals surface area contributed by atoms with Crippen molar-refractivity contribution < 1.29 is 13.9 Å². The molecule has 1 aliphatic heterocycles. The number of hydrogen-bond acceptors (Lipinski definition) is 4. The van der Waals surface area contributed by atoms with Crippen LogP contribution in [0.1, 0.15) is 22.9 Å². The summed E-state index contributed by atoms with van der Waals surface area (Å²) >= 11 is 0. The standard InChI is InChI=1S/C22H19NO3/c1-25-22(24)18-14-20(21-12-7-13-26-21)23(15-16-8-3-2-4-9-16)19-11-6-5-10-17(18)19/h2-14,20H,15H2,1H3. The summed E-state index contributed by atoms with van der Waals surface area (Å²) < 4.78 is 10.7. The number of nitrogens with zero attached hydrogens (tertiary/aromatic N) is 1. The Hall–Kier alpha value is -3.27. The van der Waals surface area contributed by atoms with Gasteiger partial charge in [0.05, 0.1) is 18.9 Å². The predicted molar refractivity (Wildman–Crippen MR) is 101 cm³/mol. The monoisotopic (exact) mass is 345 g/mol. The summed E-state index contributed by atoms with van der Waals surface area (Å²) in [6.45, 7) is 0.703. The van der Waals surface area contributed by atoms with Crippen LogP contribution in [0.4, 0.5) is 5.69 Å². The average molecular weight is 345 g/mol. The topological polar surface area (TPSA) is 42.7 Å². The second-order valence-corrected chi connectivity index (χ2v) is 6.16. The fourth-order valence-electron chi connectivity index (χ4n) is 3.39. The van der Waals surface area contributed by atoms with Crippen LogP contribution in [-0.2, 0) is 16.1 Å². The van der Waals surface area contributed by atoms with Crippen molar-refractivity contribution in [2.45, 2.75) is 12.6 Å². The first-order valence-corrected chi connectivity index (χ1v) is 8.51. The molecule has 0 saturated carbocycles. The first-order valence-electron chi connectivity index (χ1n) is 8.51. The van der Waals surface area contributed by atoms with Gasteiger partial charge >= 0.3 is 5.97 Å². The maximum atomic E-state index is 12.4. The van der Waals surface area contributed by atoms with Crippen LogP contribution in [0.5, 0.6) is 0 Å². The minimum absolute atomic E-state index is 0.186. The van der Waals surface area contributed by atoms with Crippen LogP contribution in [-0.4, -0.2) is 13.1 Å². The molecule has 130 valence electrons. The molecule has 1 aromatic heterocycles. The Morgan fingerprint density at radius 3 is 2.54 bits per heavy atom. The van der Waals surface area contributed by atoms with E-state index in [4.69, 9.17) is 9.15 Å². The van der Waals surface area contributed by atoms with Crippen LogP contribution >= 0.6 is 0 Å². The molecule has 2 aromatic carbocycles. The molecule has 4 rings (SSSR count). The molecule has 26 heavy (non-hydrogen) atoms. The van der Waals surface area contributed by atoms with E-state index in [9.17, 15) is 4.79 Å². The van der Waals surface area contributed by atoms with Gasteiger partial charge in [0, 0.05) is 17.8 Å². The molecule has 1 atom stereocenters. The number of carbonyl (C=O) groups excluding carboxylic acids is 1. The quantitative estimate of drug-likeness (QED) is 0.648. The lowest BCUT2D eigenvalue weighted by atomic mass is 9.93. The third-order valence-electron chi connectivity index (χ3n) is 4.60. The van der Waals surface area contributed by atoms with Crippen molar-refractivity contribution in [3.63, 3.8) is 0 Å². The molecule has 0 radical (unpaired) electrons. The molecule has 0 saturated heterocycles. The van der Waals surface area contributed by atoms with Crippen LogP contribution in [0.3, 0.4) is 0 Å². The molecule has 0 bridgehead atoms. The third-order valence-corrected chi connectivity index (χ3v) is 4.60. The molecular weight excluding hydrogens is 326 g/mol. The van der Waals surface area contributed by atoms with E-state index in [-0.39, 0.29) is 12.0 Å². The molecule has 0 N–H and O–H groups in total. The second kappa shape index (κ2) is 6.92. The van der Waals surface area contributed by atoms with Gasteiger partial charge in [0.2, 0.25) is 0 Å². The zero-order valence-corrected chi connectivity index (χ0v) is 14.5. The van der Waals surface area contributed by atoms with Crippen molar-refractivity contribution >= 4 is 17.2 Å². The Morgan fingerprint density at radius 1 is 1.04 bits per heavy atom. The molecule has 1 unspecified atom stereocenters.